The molecule has 0 bridgehead atoms. The average Bonchev–Trinajstić information content (AvgIpc) is 2.84. The normalized spacial score (nSPS) is 28.5. The van der Waals surface area contributed by atoms with E-state index in [2.05, 4.69) is 154 Å². The molecule has 1 unspecified atom stereocenters. The van der Waals surface area contributed by atoms with Crippen molar-refractivity contribution in [1.29, 1.82) is 0 Å². The Kier molecular flexibility index (Phi) is 13.7. The van der Waals surface area contributed by atoms with Crippen LogP contribution in [-0.2, 0) is 0 Å². The molecule has 0 aromatic carbocycles. The molecular weight excluding hydrogens is 512 g/mol. The molecule has 230 valence electrons. The van der Waals surface area contributed by atoms with Crippen LogP contribution in [0.15, 0.2) is 119 Å². The quantitative estimate of drug-likeness (QED) is 0.256. The van der Waals surface area contributed by atoms with E-state index in [1.807, 2.05) is 0 Å². The monoisotopic (exact) mass is 570 g/mol. The molecule has 0 aromatic rings. The molecule has 2 rings (SSSR count). The fourth-order valence-corrected chi connectivity index (χ4v) is 6.61. The topological polar surface area (TPSA) is 40.5 Å². The van der Waals surface area contributed by atoms with Crippen molar-refractivity contribution >= 4 is 0 Å². The number of aliphatic hydroxyl groups is 2. The van der Waals surface area contributed by atoms with Crippen LogP contribution in [0.5, 0.6) is 0 Å². The standard InChI is InChI=1S/C40H58O2/c1-29(17-13-19-31(3)21-23-37-33(5)25-35(41)27-39(37,7)8)15-11-12-16-30(2)18-14-20-32(4)22-24-38-34(6)26-36(42)28-40(38,9)10/h11-24,33,35-37,41-42H,25-28H2,1-10H3/b12-11+,17-13+,18-14+,23-21+,24-22+,29-15+,30-16+,31-19+,32-20+/t33?,35-,36-,37+/m1/s1. The maximum atomic E-state index is 10.1. The summed E-state index contributed by atoms with van der Waals surface area (Å²) in [6, 6.07) is 0. The summed E-state index contributed by atoms with van der Waals surface area (Å²) in [4.78, 5) is 0. The third-order valence-corrected chi connectivity index (χ3v) is 8.74. The Bertz CT molecular complexity index is 1220. The van der Waals surface area contributed by atoms with E-state index in [1.54, 1.807) is 0 Å². The van der Waals surface area contributed by atoms with Crippen molar-refractivity contribution in [2.45, 2.75) is 107 Å². The Labute approximate surface area is 258 Å². The maximum Gasteiger partial charge on any atom is 0.0585 e. The number of aliphatic hydroxyl groups excluding tert-OH is 2. The van der Waals surface area contributed by atoms with Gasteiger partial charge in [-0.05, 0) is 88.5 Å². The van der Waals surface area contributed by atoms with Gasteiger partial charge in [0.05, 0.1) is 12.2 Å². The first-order valence-corrected chi connectivity index (χ1v) is 15.7. The summed E-state index contributed by atoms with van der Waals surface area (Å²) in [5.74, 6) is 0.982. The first-order chi connectivity index (χ1) is 19.6. The Hall–Kier alpha value is -2.68. The third-order valence-electron chi connectivity index (χ3n) is 8.74. The van der Waals surface area contributed by atoms with Crippen LogP contribution in [-0.4, -0.2) is 22.4 Å². The van der Waals surface area contributed by atoms with Gasteiger partial charge in [-0.3, -0.25) is 0 Å². The second-order valence-corrected chi connectivity index (χ2v) is 14.2. The van der Waals surface area contributed by atoms with Crippen LogP contribution in [0.1, 0.15) is 94.9 Å². The minimum absolute atomic E-state index is 0.00691. The first-order valence-electron chi connectivity index (χ1n) is 15.7. The molecule has 0 heterocycles. The Balaban J connectivity index is 1.88. The highest BCUT2D eigenvalue weighted by atomic mass is 16.3. The van der Waals surface area contributed by atoms with Crippen molar-refractivity contribution in [3.05, 3.63) is 119 Å². The van der Waals surface area contributed by atoms with Gasteiger partial charge in [-0.15, -0.1) is 0 Å². The number of hydrogen-bond donors (Lipinski definition) is 2. The number of allylic oxidation sites excluding steroid dienone is 19. The van der Waals surface area contributed by atoms with Gasteiger partial charge in [0.2, 0.25) is 0 Å². The Morgan fingerprint density at radius 1 is 0.690 bits per heavy atom. The van der Waals surface area contributed by atoms with Crippen molar-refractivity contribution in [3.63, 3.8) is 0 Å². The van der Waals surface area contributed by atoms with Crippen LogP contribution in [0.3, 0.4) is 0 Å². The van der Waals surface area contributed by atoms with E-state index in [9.17, 15) is 10.2 Å². The summed E-state index contributed by atoms with van der Waals surface area (Å²) in [6.07, 6.45) is 33.1. The Morgan fingerprint density at radius 2 is 1.19 bits per heavy atom. The summed E-state index contributed by atoms with van der Waals surface area (Å²) in [5, 5.41) is 20.2. The average molecular weight is 571 g/mol. The van der Waals surface area contributed by atoms with Crippen molar-refractivity contribution in [3.8, 4) is 0 Å². The van der Waals surface area contributed by atoms with Gasteiger partial charge in [-0.2, -0.15) is 0 Å². The van der Waals surface area contributed by atoms with Crippen molar-refractivity contribution < 1.29 is 10.2 Å². The van der Waals surface area contributed by atoms with Gasteiger partial charge in [0.1, 0.15) is 0 Å². The van der Waals surface area contributed by atoms with Gasteiger partial charge in [0.25, 0.3) is 0 Å². The summed E-state index contributed by atoms with van der Waals surface area (Å²) >= 11 is 0. The number of rotatable bonds is 10. The van der Waals surface area contributed by atoms with E-state index in [-0.39, 0.29) is 23.0 Å². The molecule has 4 atom stereocenters. The molecule has 0 amide bonds. The van der Waals surface area contributed by atoms with E-state index >= 15 is 0 Å². The highest BCUT2D eigenvalue weighted by molar-refractivity contribution is 5.38. The molecule has 0 saturated heterocycles. The lowest BCUT2D eigenvalue weighted by atomic mass is 9.63. The molecule has 1 fully saturated rings. The smallest absolute Gasteiger partial charge is 0.0585 e. The lowest BCUT2D eigenvalue weighted by Gasteiger charge is -2.43. The first kappa shape index (κ1) is 35.5. The second-order valence-electron chi connectivity index (χ2n) is 14.2. The number of hydrogen-bond acceptors (Lipinski definition) is 2. The molecule has 1 saturated carbocycles. The van der Waals surface area contributed by atoms with Crippen molar-refractivity contribution in [2.75, 3.05) is 0 Å². The van der Waals surface area contributed by atoms with Crippen LogP contribution in [0.25, 0.3) is 0 Å². The molecule has 2 nitrogen and oxygen atoms in total. The SMILES string of the molecule is CC1=C(/C=C/C(C)=C/C=C/C(C)=C/C=C/C=C(C)/C=C/C=C(C)/C=C/[C@H]2C(C)C[C@@H](O)CC2(C)C)C(C)(C)C[C@H](O)C1. The minimum Gasteiger partial charge on any atom is -0.393 e. The maximum absolute atomic E-state index is 10.1. The molecule has 2 aliphatic rings. The minimum atomic E-state index is -0.225. The van der Waals surface area contributed by atoms with Crippen LogP contribution in [0, 0.1) is 22.7 Å². The zero-order valence-corrected chi connectivity index (χ0v) is 28.1. The van der Waals surface area contributed by atoms with Gasteiger partial charge in [-0.25, -0.2) is 0 Å². The molecule has 2 aliphatic carbocycles. The fraction of sp³-hybridized carbons (Fsp3) is 0.500. The van der Waals surface area contributed by atoms with E-state index < -0.39 is 0 Å². The lowest BCUT2D eigenvalue weighted by Crippen LogP contribution is -2.38. The molecule has 0 spiro atoms. The summed E-state index contributed by atoms with van der Waals surface area (Å²) in [6.45, 7) is 21.9. The van der Waals surface area contributed by atoms with Crippen LogP contribution >= 0.6 is 0 Å². The molecule has 2 N–H and O–H groups in total. The zero-order valence-electron chi connectivity index (χ0n) is 28.1. The molecule has 0 aromatic heterocycles. The summed E-state index contributed by atoms with van der Waals surface area (Å²) in [7, 11) is 0. The zero-order chi connectivity index (χ0) is 31.5. The van der Waals surface area contributed by atoms with E-state index in [0.717, 1.165) is 25.7 Å². The van der Waals surface area contributed by atoms with Gasteiger partial charge in [0, 0.05) is 0 Å². The highest BCUT2D eigenvalue weighted by Crippen LogP contribution is 2.45. The molecule has 0 aliphatic heterocycles. The third kappa shape index (κ3) is 11.9. The van der Waals surface area contributed by atoms with Crippen LogP contribution in [0.2, 0.25) is 0 Å². The predicted octanol–water partition coefficient (Wildman–Crippen LogP) is 10.5. The highest BCUT2D eigenvalue weighted by Gasteiger charge is 2.39. The summed E-state index contributed by atoms with van der Waals surface area (Å²) in [5.41, 5.74) is 7.60. The molecule has 42 heavy (non-hydrogen) atoms. The van der Waals surface area contributed by atoms with E-state index in [4.69, 9.17) is 0 Å². The van der Waals surface area contributed by atoms with Crippen molar-refractivity contribution in [2.24, 2.45) is 22.7 Å². The van der Waals surface area contributed by atoms with Crippen LogP contribution < -0.4 is 0 Å². The van der Waals surface area contributed by atoms with Gasteiger partial charge in [0.15, 0.2) is 0 Å². The van der Waals surface area contributed by atoms with E-state index in [1.165, 1.54) is 33.4 Å². The molecular formula is C40H58O2. The van der Waals surface area contributed by atoms with E-state index in [0.29, 0.717) is 11.8 Å². The second kappa shape index (κ2) is 16.2. The molecule has 2 heteroatoms. The van der Waals surface area contributed by atoms with Gasteiger partial charge >= 0.3 is 0 Å². The lowest BCUT2D eigenvalue weighted by molar-refractivity contribution is 0.00771. The van der Waals surface area contributed by atoms with Crippen LogP contribution in [0.4, 0.5) is 0 Å². The van der Waals surface area contributed by atoms with Crippen molar-refractivity contribution in [1.82, 2.24) is 0 Å². The molecule has 0 radical (unpaired) electrons. The van der Waals surface area contributed by atoms with Gasteiger partial charge < -0.3 is 10.2 Å². The van der Waals surface area contributed by atoms with Gasteiger partial charge in [-0.1, -0.05) is 148 Å². The largest absolute Gasteiger partial charge is 0.393 e. The fourth-order valence-electron chi connectivity index (χ4n) is 6.61. The summed E-state index contributed by atoms with van der Waals surface area (Å²) < 4.78 is 0. The Morgan fingerprint density at radius 3 is 1.71 bits per heavy atom. The predicted molar refractivity (Wildman–Crippen MR) is 184 cm³/mol.